The standard InChI is InChI=1S/C13H18FNO2S/c1-11(16)17-18-10-9-15-8-2-3-12-4-6-13(14)7-5-12/h4-7,15H,2-3,8-10H2,1H3. The van der Waals surface area contributed by atoms with Gasteiger partial charge in [0.15, 0.2) is 0 Å². The maximum Gasteiger partial charge on any atom is 0.314 e. The van der Waals surface area contributed by atoms with Crippen molar-refractivity contribution >= 4 is 18.0 Å². The van der Waals surface area contributed by atoms with Crippen molar-refractivity contribution in [1.29, 1.82) is 0 Å². The Kier molecular flexibility index (Phi) is 7.44. The molecule has 100 valence electrons. The van der Waals surface area contributed by atoms with Gasteiger partial charge in [0, 0.05) is 19.2 Å². The van der Waals surface area contributed by atoms with E-state index >= 15 is 0 Å². The zero-order valence-corrected chi connectivity index (χ0v) is 11.3. The van der Waals surface area contributed by atoms with Gasteiger partial charge in [0.2, 0.25) is 0 Å². The number of nitrogens with one attached hydrogen (secondary N) is 1. The van der Waals surface area contributed by atoms with E-state index < -0.39 is 0 Å². The molecule has 0 saturated heterocycles. The van der Waals surface area contributed by atoms with E-state index in [0.29, 0.717) is 0 Å². The number of benzene rings is 1. The van der Waals surface area contributed by atoms with Crippen LogP contribution in [0.25, 0.3) is 0 Å². The highest BCUT2D eigenvalue weighted by Gasteiger charge is 1.96. The lowest BCUT2D eigenvalue weighted by atomic mass is 10.1. The first-order valence-corrected chi connectivity index (χ1v) is 6.85. The smallest absolute Gasteiger partial charge is 0.314 e. The number of hydrogen-bond donors (Lipinski definition) is 1. The van der Waals surface area contributed by atoms with E-state index in [1.807, 2.05) is 12.1 Å². The molecule has 1 rings (SSSR count). The fourth-order valence-corrected chi connectivity index (χ4v) is 1.91. The quantitative estimate of drug-likeness (QED) is 0.582. The maximum absolute atomic E-state index is 12.7. The molecule has 0 radical (unpaired) electrons. The van der Waals surface area contributed by atoms with Crippen LogP contribution in [0.3, 0.4) is 0 Å². The SMILES string of the molecule is CC(=O)OSCCNCCCc1ccc(F)cc1. The molecule has 1 N–H and O–H groups in total. The molecule has 0 aromatic heterocycles. The van der Waals surface area contributed by atoms with Gasteiger partial charge in [-0.25, -0.2) is 4.39 Å². The normalized spacial score (nSPS) is 10.3. The van der Waals surface area contributed by atoms with Crippen LogP contribution in [0.1, 0.15) is 18.9 Å². The molecule has 1 aromatic rings. The van der Waals surface area contributed by atoms with Crippen LogP contribution in [-0.4, -0.2) is 24.8 Å². The molecule has 0 unspecified atom stereocenters. The molecule has 0 aliphatic heterocycles. The van der Waals surface area contributed by atoms with Gasteiger partial charge >= 0.3 is 5.97 Å². The van der Waals surface area contributed by atoms with E-state index in [2.05, 4.69) is 5.32 Å². The molecule has 0 fully saturated rings. The average molecular weight is 271 g/mol. The van der Waals surface area contributed by atoms with Gasteiger partial charge in [0.1, 0.15) is 5.82 Å². The molecular formula is C13H18FNO2S. The summed E-state index contributed by atoms with van der Waals surface area (Å²) in [5, 5.41) is 3.25. The molecule has 0 bridgehead atoms. The Bertz CT molecular complexity index is 357. The van der Waals surface area contributed by atoms with Crippen LogP contribution in [-0.2, 0) is 15.4 Å². The molecule has 0 saturated carbocycles. The number of carbonyl (C=O) groups is 1. The van der Waals surface area contributed by atoms with Crippen LogP contribution < -0.4 is 5.32 Å². The summed E-state index contributed by atoms with van der Waals surface area (Å²) in [5.74, 6) is 0.284. The van der Waals surface area contributed by atoms with Crippen molar-refractivity contribution in [3.8, 4) is 0 Å². The van der Waals surface area contributed by atoms with Gasteiger partial charge in [-0.3, -0.25) is 4.79 Å². The number of rotatable bonds is 8. The molecule has 0 heterocycles. The highest BCUT2D eigenvalue weighted by atomic mass is 32.2. The second kappa shape index (κ2) is 8.94. The van der Waals surface area contributed by atoms with E-state index in [-0.39, 0.29) is 11.8 Å². The van der Waals surface area contributed by atoms with Gasteiger partial charge in [-0.15, -0.1) is 0 Å². The van der Waals surface area contributed by atoms with Gasteiger partial charge < -0.3 is 9.50 Å². The van der Waals surface area contributed by atoms with E-state index in [1.165, 1.54) is 19.1 Å². The minimum Gasteiger partial charge on any atom is -0.392 e. The highest BCUT2D eigenvalue weighted by Crippen LogP contribution is 2.05. The van der Waals surface area contributed by atoms with E-state index in [0.717, 1.165) is 49.3 Å². The molecule has 0 aliphatic carbocycles. The predicted octanol–water partition coefficient (Wildman–Crippen LogP) is 2.56. The van der Waals surface area contributed by atoms with Crippen molar-refractivity contribution < 1.29 is 13.4 Å². The number of halogens is 1. The fourth-order valence-electron chi connectivity index (χ4n) is 1.43. The van der Waals surface area contributed by atoms with Gasteiger partial charge in [-0.2, -0.15) is 0 Å². The molecule has 1 aromatic carbocycles. The summed E-state index contributed by atoms with van der Waals surface area (Å²) in [5.41, 5.74) is 1.15. The largest absolute Gasteiger partial charge is 0.392 e. The Balaban J connectivity index is 1.95. The number of carbonyl (C=O) groups excluding carboxylic acids is 1. The Hall–Kier alpha value is -1.07. The minimum absolute atomic E-state index is 0.195. The van der Waals surface area contributed by atoms with Gasteiger partial charge in [-0.05, 0) is 37.1 Å². The van der Waals surface area contributed by atoms with Gasteiger partial charge in [-0.1, -0.05) is 12.1 Å². The van der Waals surface area contributed by atoms with Crippen LogP contribution in [0.4, 0.5) is 4.39 Å². The van der Waals surface area contributed by atoms with Crippen molar-refractivity contribution in [2.45, 2.75) is 19.8 Å². The molecule has 18 heavy (non-hydrogen) atoms. The third-order valence-electron chi connectivity index (χ3n) is 2.27. The second-order valence-electron chi connectivity index (χ2n) is 3.88. The van der Waals surface area contributed by atoms with Crippen molar-refractivity contribution in [3.63, 3.8) is 0 Å². The van der Waals surface area contributed by atoms with E-state index in [4.69, 9.17) is 4.18 Å². The lowest BCUT2D eigenvalue weighted by Crippen LogP contribution is -2.19. The minimum atomic E-state index is -0.267. The molecular weight excluding hydrogens is 253 g/mol. The van der Waals surface area contributed by atoms with Crippen molar-refractivity contribution in [3.05, 3.63) is 35.6 Å². The summed E-state index contributed by atoms with van der Waals surface area (Å²) in [4.78, 5) is 10.5. The molecule has 3 nitrogen and oxygen atoms in total. The average Bonchev–Trinajstić information content (AvgIpc) is 2.34. The summed E-state index contributed by atoms with van der Waals surface area (Å²) in [7, 11) is 0. The lowest BCUT2D eigenvalue weighted by molar-refractivity contribution is -0.130. The number of hydrogen-bond acceptors (Lipinski definition) is 4. The summed E-state index contributed by atoms with van der Waals surface area (Å²) < 4.78 is 17.4. The fraction of sp³-hybridized carbons (Fsp3) is 0.462. The maximum atomic E-state index is 12.7. The molecule has 5 heteroatoms. The van der Waals surface area contributed by atoms with Gasteiger partial charge in [0.05, 0.1) is 12.0 Å². The zero-order chi connectivity index (χ0) is 13.2. The molecule has 0 amide bonds. The van der Waals surface area contributed by atoms with Crippen LogP contribution >= 0.6 is 12.0 Å². The van der Waals surface area contributed by atoms with Crippen LogP contribution in [0, 0.1) is 5.82 Å². The van der Waals surface area contributed by atoms with Crippen LogP contribution in [0.5, 0.6) is 0 Å². The Morgan fingerprint density at radius 2 is 2.06 bits per heavy atom. The highest BCUT2D eigenvalue weighted by molar-refractivity contribution is 7.95. The third-order valence-corrected chi connectivity index (χ3v) is 2.99. The first-order chi connectivity index (χ1) is 8.68. The topological polar surface area (TPSA) is 38.3 Å². The lowest BCUT2D eigenvalue weighted by Gasteiger charge is -2.04. The van der Waals surface area contributed by atoms with Gasteiger partial charge in [0.25, 0.3) is 0 Å². The summed E-state index contributed by atoms with van der Waals surface area (Å²) >= 11 is 1.16. The Morgan fingerprint density at radius 3 is 2.72 bits per heavy atom. The summed E-state index contributed by atoms with van der Waals surface area (Å²) in [6, 6.07) is 6.59. The molecule has 0 atom stereocenters. The van der Waals surface area contributed by atoms with Crippen LogP contribution in [0.15, 0.2) is 24.3 Å². The molecule has 0 spiro atoms. The second-order valence-corrected chi connectivity index (χ2v) is 4.69. The van der Waals surface area contributed by atoms with E-state index in [1.54, 1.807) is 0 Å². The Labute approximate surface area is 111 Å². The summed E-state index contributed by atoms with van der Waals surface area (Å²) in [6.45, 7) is 3.10. The Morgan fingerprint density at radius 1 is 1.33 bits per heavy atom. The van der Waals surface area contributed by atoms with Crippen molar-refractivity contribution in [1.82, 2.24) is 5.32 Å². The van der Waals surface area contributed by atoms with Crippen molar-refractivity contribution in [2.75, 3.05) is 18.8 Å². The van der Waals surface area contributed by atoms with Crippen molar-refractivity contribution in [2.24, 2.45) is 0 Å². The third kappa shape index (κ3) is 7.29. The predicted molar refractivity (Wildman–Crippen MR) is 71.8 cm³/mol. The monoisotopic (exact) mass is 271 g/mol. The first-order valence-electron chi connectivity index (χ1n) is 5.93. The summed E-state index contributed by atoms with van der Waals surface area (Å²) in [6.07, 6.45) is 1.94. The van der Waals surface area contributed by atoms with Crippen LogP contribution in [0.2, 0.25) is 0 Å². The van der Waals surface area contributed by atoms with E-state index in [9.17, 15) is 9.18 Å². The molecule has 0 aliphatic rings. The first kappa shape index (κ1) is 15.0. The zero-order valence-electron chi connectivity index (χ0n) is 10.4. The number of aryl methyl sites for hydroxylation is 1.